The molecule has 0 fully saturated rings. The van der Waals surface area contributed by atoms with E-state index in [1.807, 2.05) is 0 Å². The lowest BCUT2D eigenvalue weighted by molar-refractivity contribution is 0.323. The van der Waals surface area contributed by atoms with Crippen molar-refractivity contribution in [3.63, 3.8) is 0 Å². The van der Waals surface area contributed by atoms with Crippen molar-refractivity contribution in [1.82, 2.24) is 5.32 Å². The van der Waals surface area contributed by atoms with Crippen LogP contribution in [-0.2, 0) is 6.54 Å². The van der Waals surface area contributed by atoms with E-state index >= 15 is 0 Å². The van der Waals surface area contributed by atoms with Gasteiger partial charge in [0.05, 0.1) is 0 Å². The van der Waals surface area contributed by atoms with Gasteiger partial charge in [-0.2, -0.15) is 0 Å². The summed E-state index contributed by atoms with van der Waals surface area (Å²) >= 11 is 0. The Labute approximate surface area is 109 Å². The third kappa shape index (κ3) is 1.85. The van der Waals surface area contributed by atoms with Crippen LogP contribution in [-0.4, -0.2) is 5.54 Å². The smallest absolute Gasteiger partial charge is 0.0270 e. The Balaban J connectivity index is 2.16. The molecule has 1 N–H and O–H groups in total. The Bertz CT molecular complexity index is 543. The first-order chi connectivity index (χ1) is 8.68. The summed E-state index contributed by atoms with van der Waals surface area (Å²) in [5.41, 5.74) is 4.37. The van der Waals surface area contributed by atoms with E-state index in [1.54, 1.807) is 0 Å². The van der Waals surface area contributed by atoms with Crippen molar-refractivity contribution in [3.8, 4) is 0 Å². The Morgan fingerprint density at radius 3 is 2.39 bits per heavy atom. The highest BCUT2D eigenvalue weighted by atomic mass is 15.0. The molecule has 1 heteroatoms. The zero-order valence-corrected chi connectivity index (χ0v) is 11.0. The van der Waals surface area contributed by atoms with E-state index in [0.717, 1.165) is 6.54 Å². The zero-order valence-electron chi connectivity index (χ0n) is 11.0. The van der Waals surface area contributed by atoms with E-state index in [-0.39, 0.29) is 5.54 Å². The summed E-state index contributed by atoms with van der Waals surface area (Å²) in [6, 6.07) is 19.6. The molecule has 0 aliphatic carbocycles. The van der Waals surface area contributed by atoms with Gasteiger partial charge in [0.25, 0.3) is 0 Å². The number of fused-ring (bicyclic) bond motifs is 1. The van der Waals surface area contributed by atoms with E-state index in [9.17, 15) is 0 Å². The van der Waals surface area contributed by atoms with Crippen molar-refractivity contribution in [3.05, 3.63) is 71.3 Å². The van der Waals surface area contributed by atoms with Crippen LogP contribution >= 0.6 is 0 Å². The minimum Gasteiger partial charge on any atom is -0.307 e. The molecule has 1 heterocycles. The van der Waals surface area contributed by atoms with E-state index < -0.39 is 0 Å². The fraction of sp³-hybridized carbons (Fsp3) is 0.294. The van der Waals surface area contributed by atoms with Crippen molar-refractivity contribution in [1.29, 1.82) is 0 Å². The molecule has 2 aromatic carbocycles. The van der Waals surface area contributed by atoms with Gasteiger partial charge < -0.3 is 5.32 Å². The molecule has 18 heavy (non-hydrogen) atoms. The van der Waals surface area contributed by atoms with Crippen LogP contribution in [0.15, 0.2) is 54.6 Å². The minimum atomic E-state index is 0.0930. The molecule has 3 rings (SSSR count). The molecule has 0 aromatic heterocycles. The summed E-state index contributed by atoms with van der Waals surface area (Å²) < 4.78 is 0. The van der Waals surface area contributed by atoms with E-state index in [4.69, 9.17) is 0 Å². The monoisotopic (exact) mass is 237 g/mol. The molecule has 0 radical (unpaired) electrons. The second-order valence-electron chi connectivity index (χ2n) is 5.62. The lowest BCUT2D eigenvalue weighted by atomic mass is 9.73. The van der Waals surface area contributed by atoms with E-state index in [0.29, 0.717) is 5.92 Å². The van der Waals surface area contributed by atoms with Crippen LogP contribution in [0.3, 0.4) is 0 Å². The molecule has 1 aliphatic rings. The van der Waals surface area contributed by atoms with Gasteiger partial charge in [0.15, 0.2) is 0 Å². The molecule has 0 saturated carbocycles. The highest BCUT2D eigenvalue weighted by Gasteiger charge is 2.36. The third-order valence-corrected chi connectivity index (χ3v) is 3.96. The van der Waals surface area contributed by atoms with Crippen LogP contribution < -0.4 is 5.32 Å². The van der Waals surface area contributed by atoms with Gasteiger partial charge in [-0.05, 0) is 30.5 Å². The summed E-state index contributed by atoms with van der Waals surface area (Å²) in [4.78, 5) is 0. The molecule has 1 aliphatic heterocycles. The first-order valence-electron chi connectivity index (χ1n) is 6.56. The van der Waals surface area contributed by atoms with Crippen molar-refractivity contribution < 1.29 is 0 Å². The minimum absolute atomic E-state index is 0.0930. The topological polar surface area (TPSA) is 12.0 Å². The molecule has 0 amide bonds. The molecule has 1 unspecified atom stereocenters. The standard InChI is InChI=1S/C17H19N/c1-17(2)16(13-8-4-3-5-9-13)15-11-7-6-10-14(15)12-18-17/h3-11,16,18H,12H2,1-2H3. The largest absolute Gasteiger partial charge is 0.307 e. The predicted octanol–water partition coefficient (Wildman–Crippen LogP) is 3.70. The zero-order chi connectivity index (χ0) is 12.6. The van der Waals surface area contributed by atoms with Gasteiger partial charge >= 0.3 is 0 Å². The molecule has 92 valence electrons. The third-order valence-electron chi connectivity index (χ3n) is 3.96. The predicted molar refractivity (Wildman–Crippen MR) is 75.6 cm³/mol. The van der Waals surface area contributed by atoms with Gasteiger partial charge in [-0.25, -0.2) is 0 Å². The maximum absolute atomic E-state index is 3.66. The molecular formula is C17H19N. The molecule has 2 aromatic rings. The number of nitrogens with one attached hydrogen (secondary N) is 1. The Morgan fingerprint density at radius 2 is 1.61 bits per heavy atom. The van der Waals surface area contributed by atoms with Crippen molar-refractivity contribution in [2.45, 2.75) is 31.8 Å². The van der Waals surface area contributed by atoms with Crippen LogP contribution in [0.25, 0.3) is 0 Å². The van der Waals surface area contributed by atoms with Crippen molar-refractivity contribution in [2.24, 2.45) is 0 Å². The SMILES string of the molecule is CC1(C)NCc2ccccc2C1c1ccccc1. The van der Waals surface area contributed by atoms with Crippen LogP contribution in [0.4, 0.5) is 0 Å². The highest BCUT2D eigenvalue weighted by Crippen LogP contribution is 2.39. The summed E-state index contributed by atoms with van der Waals surface area (Å²) in [6.45, 7) is 5.55. The molecule has 0 spiro atoms. The van der Waals surface area contributed by atoms with E-state index in [2.05, 4.69) is 73.8 Å². The van der Waals surface area contributed by atoms with Crippen LogP contribution in [0.2, 0.25) is 0 Å². The van der Waals surface area contributed by atoms with E-state index in [1.165, 1.54) is 16.7 Å². The summed E-state index contributed by atoms with van der Waals surface area (Å²) in [6.07, 6.45) is 0. The maximum atomic E-state index is 3.66. The van der Waals surface area contributed by atoms with Gasteiger partial charge in [0, 0.05) is 18.0 Å². The molecule has 1 atom stereocenters. The maximum Gasteiger partial charge on any atom is 0.0270 e. The molecule has 1 nitrogen and oxygen atoms in total. The Kier molecular flexibility index (Phi) is 2.71. The summed E-state index contributed by atoms with van der Waals surface area (Å²) in [5.74, 6) is 0.420. The number of benzene rings is 2. The first kappa shape index (κ1) is 11.5. The fourth-order valence-electron chi connectivity index (χ4n) is 3.03. The van der Waals surface area contributed by atoms with Crippen LogP contribution in [0, 0.1) is 0 Å². The number of hydrogen-bond donors (Lipinski definition) is 1. The highest BCUT2D eigenvalue weighted by molar-refractivity contribution is 5.43. The number of rotatable bonds is 1. The molecular weight excluding hydrogens is 218 g/mol. The van der Waals surface area contributed by atoms with Crippen molar-refractivity contribution >= 4 is 0 Å². The average Bonchev–Trinajstić information content (AvgIpc) is 2.39. The molecule has 0 saturated heterocycles. The summed E-state index contributed by atoms with van der Waals surface area (Å²) in [5, 5.41) is 3.66. The summed E-state index contributed by atoms with van der Waals surface area (Å²) in [7, 11) is 0. The van der Waals surface area contributed by atoms with Gasteiger partial charge in [0.1, 0.15) is 0 Å². The lowest BCUT2D eigenvalue weighted by Gasteiger charge is -2.41. The van der Waals surface area contributed by atoms with Gasteiger partial charge in [-0.15, -0.1) is 0 Å². The Morgan fingerprint density at radius 1 is 0.944 bits per heavy atom. The van der Waals surface area contributed by atoms with Crippen molar-refractivity contribution in [2.75, 3.05) is 0 Å². The first-order valence-corrected chi connectivity index (χ1v) is 6.56. The van der Waals surface area contributed by atoms with Gasteiger partial charge in [0.2, 0.25) is 0 Å². The van der Waals surface area contributed by atoms with Crippen LogP contribution in [0.1, 0.15) is 36.5 Å². The van der Waals surface area contributed by atoms with Gasteiger partial charge in [-0.3, -0.25) is 0 Å². The van der Waals surface area contributed by atoms with Crippen LogP contribution in [0.5, 0.6) is 0 Å². The molecule has 0 bridgehead atoms. The second kappa shape index (κ2) is 4.25. The average molecular weight is 237 g/mol. The van der Waals surface area contributed by atoms with Gasteiger partial charge in [-0.1, -0.05) is 54.6 Å². The Hall–Kier alpha value is -1.60. The quantitative estimate of drug-likeness (QED) is 0.797. The number of hydrogen-bond acceptors (Lipinski definition) is 1. The fourth-order valence-corrected chi connectivity index (χ4v) is 3.03. The normalized spacial score (nSPS) is 21.3. The lowest BCUT2D eigenvalue weighted by Crippen LogP contribution is -2.48. The second-order valence-corrected chi connectivity index (χ2v) is 5.62.